The summed E-state index contributed by atoms with van der Waals surface area (Å²) >= 11 is 0. The van der Waals surface area contributed by atoms with Crippen LogP contribution in [0, 0.1) is 23.2 Å². The molecule has 2 saturated heterocycles. The third kappa shape index (κ3) is 3.39. The SMILES string of the molecule is C[C@@H]1CCC[C@]2(C)C[C@@H]3OC(=O)[C@H](CN4CCN(C(=O)c5ccco5)CC4)[C@@H]3C=C12. The van der Waals surface area contributed by atoms with Gasteiger partial charge in [0.15, 0.2) is 5.76 Å². The topological polar surface area (TPSA) is 63.0 Å². The maximum absolute atomic E-state index is 12.8. The maximum atomic E-state index is 12.8. The Bertz CT molecular complexity index is 839. The molecule has 0 aromatic carbocycles. The molecule has 5 atom stereocenters. The van der Waals surface area contributed by atoms with E-state index in [4.69, 9.17) is 9.15 Å². The van der Waals surface area contributed by atoms with E-state index < -0.39 is 0 Å². The van der Waals surface area contributed by atoms with Gasteiger partial charge in [0, 0.05) is 38.6 Å². The lowest BCUT2D eigenvalue weighted by atomic mass is 9.59. The van der Waals surface area contributed by atoms with Gasteiger partial charge in [0.05, 0.1) is 12.2 Å². The smallest absolute Gasteiger partial charge is 0.311 e. The molecular formula is C24H32N2O4. The molecule has 2 aliphatic carbocycles. The monoisotopic (exact) mass is 412 g/mol. The first kappa shape index (κ1) is 19.9. The average Bonchev–Trinajstić information content (AvgIpc) is 3.35. The summed E-state index contributed by atoms with van der Waals surface area (Å²) in [5, 5.41) is 0. The fourth-order valence-electron chi connectivity index (χ4n) is 6.23. The predicted molar refractivity (Wildman–Crippen MR) is 112 cm³/mol. The number of ether oxygens (including phenoxy) is 1. The zero-order chi connectivity index (χ0) is 20.9. The van der Waals surface area contributed by atoms with E-state index in [0.29, 0.717) is 24.8 Å². The summed E-state index contributed by atoms with van der Waals surface area (Å²) in [7, 11) is 0. The van der Waals surface area contributed by atoms with Crippen LogP contribution in [0.15, 0.2) is 34.5 Å². The van der Waals surface area contributed by atoms with Gasteiger partial charge in [-0.15, -0.1) is 0 Å². The quantitative estimate of drug-likeness (QED) is 0.563. The van der Waals surface area contributed by atoms with E-state index >= 15 is 0 Å². The van der Waals surface area contributed by atoms with Crippen molar-refractivity contribution in [2.75, 3.05) is 32.7 Å². The van der Waals surface area contributed by atoms with Crippen molar-refractivity contribution in [2.24, 2.45) is 23.2 Å². The van der Waals surface area contributed by atoms with Gasteiger partial charge in [0.25, 0.3) is 5.91 Å². The fourth-order valence-corrected chi connectivity index (χ4v) is 6.23. The molecule has 2 aliphatic heterocycles. The van der Waals surface area contributed by atoms with Crippen molar-refractivity contribution in [3.05, 3.63) is 35.8 Å². The molecular weight excluding hydrogens is 380 g/mol. The first-order valence-corrected chi connectivity index (χ1v) is 11.4. The van der Waals surface area contributed by atoms with Crippen molar-refractivity contribution in [1.82, 2.24) is 9.80 Å². The molecule has 0 N–H and O–H groups in total. The first-order valence-electron chi connectivity index (χ1n) is 11.4. The van der Waals surface area contributed by atoms with Crippen LogP contribution < -0.4 is 0 Å². The van der Waals surface area contributed by atoms with Crippen LogP contribution in [0.3, 0.4) is 0 Å². The van der Waals surface area contributed by atoms with Crippen LogP contribution in [-0.4, -0.2) is 60.5 Å². The molecule has 4 aliphatic rings. The highest BCUT2D eigenvalue weighted by atomic mass is 16.6. The number of carbonyl (C=O) groups excluding carboxylic acids is 2. The minimum absolute atomic E-state index is 0.0309. The molecule has 1 aromatic rings. The van der Waals surface area contributed by atoms with Crippen molar-refractivity contribution in [2.45, 2.75) is 45.6 Å². The molecule has 30 heavy (non-hydrogen) atoms. The largest absolute Gasteiger partial charge is 0.461 e. The van der Waals surface area contributed by atoms with Crippen LogP contribution >= 0.6 is 0 Å². The number of allylic oxidation sites excluding steroid dienone is 1. The maximum Gasteiger partial charge on any atom is 0.311 e. The molecule has 1 aromatic heterocycles. The second-order valence-electron chi connectivity index (χ2n) is 9.91. The molecule has 3 heterocycles. The molecule has 6 heteroatoms. The fraction of sp³-hybridized carbons (Fsp3) is 0.667. The minimum Gasteiger partial charge on any atom is -0.461 e. The Morgan fingerprint density at radius 2 is 2.07 bits per heavy atom. The highest BCUT2D eigenvalue weighted by Gasteiger charge is 2.52. The molecule has 0 bridgehead atoms. The molecule has 3 fully saturated rings. The van der Waals surface area contributed by atoms with Gasteiger partial charge in [0.1, 0.15) is 6.10 Å². The third-order valence-corrected chi connectivity index (χ3v) is 7.93. The summed E-state index contributed by atoms with van der Waals surface area (Å²) in [4.78, 5) is 29.4. The molecule has 0 radical (unpaired) electrons. The van der Waals surface area contributed by atoms with E-state index in [1.165, 1.54) is 25.5 Å². The van der Waals surface area contributed by atoms with Crippen LogP contribution in [-0.2, 0) is 9.53 Å². The lowest BCUT2D eigenvalue weighted by Crippen LogP contribution is -2.50. The number of carbonyl (C=O) groups is 2. The Kier molecular flexibility index (Phi) is 5.00. The molecule has 162 valence electrons. The number of hydrogen-bond donors (Lipinski definition) is 0. The number of amides is 1. The Morgan fingerprint density at radius 1 is 1.27 bits per heavy atom. The summed E-state index contributed by atoms with van der Waals surface area (Å²) in [5.41, 5.74) is 1.76. The molecule has 0 spiro atoms. The Labute approximate surface area is 178 Å². The lowest BCUT2D eigenvalue weighted by molar-refractivity contribution is -0.145. The van der Waals surface area contributed by atoms with E-state index in [0.717, 1.165) is 26.1 Å². The molecule has 0 unspecified atom stereocenters. The van der Waals surface area contributed by atoms with E-state index in [1.807, 2.05) is 4.90 Å². The van der Waals surface area contributed by atoms with Gasteiger partial charge in [0.2, 0.25) is 0 Å². The predicted octanol–water partition coefficient (Wildman–Crippen LogP) is 3.35. The Morgan fingerprint density at radius 3 is 2.80 bits per heavy atom. The number of rotatable bonds is 3. The van der Waals surface area contributed by atoms with E-state index in [1.54, 1.807) is 17.7 Å². The number of esters is 1. The van der Waals surface area contributed by atoms with Crippen molar-refractivity contribution in [1.29, 1.82) is 0 Å². The van der Waals surface area contributed by atoms with Crippen LogP contribution in [0.2, 0.25) is 0 Å². The number of fused-ring (bicyclic) bond motifs is 2. The number of hydrogen-bond acceptors (Lipinski definition) is 5. The van der Waals surface area contributed by atoms with Crippen LogP contribution in [0.5, 0.6) is 0 Å². The lowest BCUT2D eigenvalue weighted by Gasteiger charge is -2.46. The summed E-state index contributed by atoms with van der Waals surface area (Å²) in [6.45, 7) is 8.29. The molecule has 6 nitrogen and oxygen atoms in total. The zero-order valence-electron chi connectivity index (χ0n) is 18.0. The molecule has 1 amide bonds. The van der Waals surface area contributed by atoms with E-state index in [9.17, 15) is 9.59 Å². The summed E-state index contributed by atoms with van der Waals surface area (Å²) in [6.07, 6.45) is 8.69. The first-order chi connectivity index (χ1) is 14.4. The van der Waals surface area contributed by atoms with Gasteiger partial charge in [-0.2, -0.15) is 0 Å². The highest BCUT2D eigenvalue weighted by Crippen LogP contribution is 2.54. The van der Waals surface area contributed by atoms with Gasteiger partial charge < -0.3 is 14.1 Å². The second-order valence-corrected chi connectivity index (χ2v) is 9.91. The zero-order valence-corrected chi connectivity index (χ0v) is 18.0. The summed E-state index contributed by atoms with van der Waals surface area (Å²) in [6, 6.07) is 3.45. The Balaban J connectivity index is 1.25. The normalized spacial score (nSPS) is 36.7. The van der Waals surface area contributed by atoms with E-state index in [-0.39, 0.29) is 35.2 Å². The minimum atomic E-state index is -0.0894. The molecule has 1 saturated carbocycles. The van der Waals surface area contributed by atoms with Crippen LogP contribution in [0.1, 0.15) is 50.1 Å². The van der Waals surface area contributed by atoms with Gasteiger partial charge in [-0.3, -0.25) is 14.5 Å². The van der Waals surface area contributed by atoms with Crippen molar-refractivity contribution < 1.29 is 18.7 Å². The standard InChI is InChI=1S/C24H32N2O4/c1-16-5-3-7-24(2)14-21-17(13-19(16)24)18(23(28)30-21)15-25-8-10-26(11-9-25)22(27)20-6-4-12-29-20/h4,6,12-13,16-18,21H,3,5,7-11,14-15H2,1-2H3/t16-,17+,18-,21+,24-/m1/s1. The van der Waals surface area contributed by atoms with Crippen LogP contribution in [0.25, 0.3) is 0 Å². The number of furan rings is 1. The average molecular weight is 413 g/mol. The van der Waals surface area contributed by atoms with Gasteiger partial charge in [-0.05, 0) is 42.7 Å². The van der Waals surface area contributed by atoms with Gasteiger partial charge in [-0.1, -0.05) is 31.9 Å². The summed E-state index contributed by atoms with van der Waals surface area (Å²) in [5.74, 6) is 1.02. The number of piperazine rings is 1. The highest BCUT2D eigenvalue weighted by molar-refractivity contribution is 5.91. The molecule has 5 rings (SSSR count). The number of nitrogens with zero attached hydrogens (tertiary/aromatic N) is 2. The third-order valence-electron chi connectivity index (χ3n) is 7.93. The second kappa shape index (κ2) is 7.56. The van der Waals surface area contributed by atoms with Crippen molar-refractivity contribution >= 4 is 11.9 Å². The summed E-state index contributed by atoms with van der Waals surface area (Å²) < 4.78 is 11.1. The Hall–Kier alpha value is -2.08. The van der Waals surface area contributed by atoms with Gasteiger partial charge >= 0.3 is 5.97 Å². The van der Waals surface area contributed by atoms with Crippen molar-refractivity contribution in [3.63, 3.8) is 0 Å². The van der Waals surface area contributed by atoms with Gasteiger partial charge in [-0.25, -0.2) is 0 Å². The van der Waals surface area contributed by atoms with Crippen molar-refractivity contribution in [3.8, 4) is 0 Å². The van der Waals surface area contributed by atoms with Crippen LogP contribution in [0.4, 0.5) is 0 Å². The van der Waals surface area contributed by atoms with E-state index in [2.05, 4.69) is 24.8 Å².